The summed E-state index contributed by atoms with van der Waals surface area (Å²) in [6.45, 7) is 3.80. The van der Waals surface area contributed by atoms with E-state index in [0.717, 1.165) is 11.1 Å². The highest BCUT2D eigenvalue weighted by molar-refractivity contribution is 6.56. The highest BCUT2D eigenvalue weighted by Gasteiger charge is 2.50. The highest BCUT2D eigenvalue weighted by Crippen LogP contribution is 2.53. The van der Waals surface area contributed by atoms with Crippen LogP contribution in [0, 0.1) is 10.8 Å². The van der Waals surface area contributed by atoms with Crippen LogP contribution >= 0.6 is 23.2 Å². The van der Waals surface area contributed by atoms with E-state index in [4.69, 9.17) is 34.3 Å². The van der Waals surface area contributed by atoms with Crippen molar-refractivity contribution in [2.45, 2.75) is 24.6 Å². The van der Waals surface area contributed by atoms with Gasteiger partial charge in [-0.05, 0) is 23.3 Å². The molecule has 1 aromatic carbocycles. The molecule has 0 heterocycles. The van der Waals surface area contributed by atoms with Crippen molar-refractivity contribution >= 4 is 40.2 Å². The Balaban J connectivity index is 2.51. The second-order valence-electron chi connectivity index (χ2n) is 5.12. The lowest BCUT2D eigenvalue weighted by Crippen LogP contribution is -2.44. The summed E-state index contributed by atoms with van der Waals surface area (Å²) < 4.78 is -1.10. The molecule has 0 amide bonds. The molecule has 0 aromatic heterocycles. The minimum Gasteiger partial charge on any atom is -0.399 e. The minimum absolute atomic E-state index is 0.548. The molecule has 0 saturated heterocycles. The largest absolute Gasteiger partial charge is 0.399 e. The monoisotopic (exact) mass is 282 g/mol. The number of benzene rings is 1. The van der Waals surface area contributed by atoms with Gasteiger partial charge in [0.2, 0.25) is 0 Å². The molecule has 1 aliphatic rings. The van der Waals surface area contributed by atoms with Crippen LogP contribution in [-0.2, 0) is 0 Å². The predicted molar refractivity (Wildman–Crippen MR) is 79.4 cm³/mol. The summed E-state index contributed by atoms with van der Waals surface area (Å²) >= 11 is 13.0. The number of nitrogens with one attached hydrogen (secondary N) is 1. The molecule has 0 radical (unpaired) electrons. The average Bonchev–Trinajstić information content (AvgIpc) is 2.29. The molecule has 1 aliphatic carbocycles. The third-order valence-electron chi connectivity index (χ3n) is 3.61. The smallest absolute Gasteiger partial charge is 0.153 e. The van der Waals surface area contributed by atoms with Crippen LogP contribution < -0.4 is 5.73 Å². The van der Waals surface area contributed by atoms with E-state index in [1.54, 1.807) is 0 Å². The lowest BCUT2D eigenvalue weighted by molar-refractivity contribution is 0.495. The van der Waals surface area contributed by atoms with Crippen LogP contribution in [0.15, 0.2) is 30.3 Å². The minimum atomic E-state index is -1.10. The fraction of sp³-hybridized carbons (Fsp3) is 0.357. The number of hydrogen-bond donors (Lipinski definition) is 2. The van der Waals surface area contributed by atoms with E-state index in [-0.39, 0.29) is 0 Å². The van der Waals surface area contributed by atoms with Gasteiger partial charge in [-0.25, -0.2) is 0 Å². The van der Waals surface area contributed by atoms with Gasteiger partial charge >= 0.3 is 0 Å². The molecular weight excluding hydrogens is 267 g/mol. The van der Waals surface area contributed by atoms with Gasteiger partial charge in [-0.15, -0.1) is 0 Å². The Morgan fingerprint density at radius 1 is 1.17 bits per heavy atom. The standard InChI is InChI=1S/C14H16Cl2N2/c1-13(2)12(18)8-7-11(14(13,15)16)9-3-5-10(17)6-4-9/h3-7,18H,8,17H2,1-2H3. The lowest BCUT2D eigenvalue weighted by atomic mass is 9.73. The van der Waals surface area contributed by atoms with Crippen molar-refractivity contribution < 1.29 is 0 Å². The molecule has 18 heavy (non-hydrogen) atoms. The highest BCUT2D eigenvalue weighted by atomic mass is 35.5. The molecule has 0 aliphatic heterocycles. The zero-order chi connectivity index (χ0) is 13.6. The van der Waals surface area contributed by atoms with Gasteiger partial charge in [-0.1, -0.05) is 55.3 Å². The number of alkyl halides is 2. The Morgan fingerprint density at radius 3 is 2.28 bits per heavy atom. The van der Waals surface area contributed by atoms with Crippen LogP contribution in [0.3, 0.4) is 0 Å². The van der Waals surface area contributed by atoms with E-state index in [1.165, 1.54) is 0 Å². The maximum absolute atomic E-state index is 8.00. The number of nitrogen functional groups attached to an aromatic ring is 1. The number of anilines is 1. The van der Waals surface area contributed by atoms with E-state index in [2.05, 4.69) is 0 Å². The molecule has 0 spiro atoms. The Bertz CT molecular complexity index is 513. The fourth-order valence-corrected chi connectivity index (χ4v) is 2.68. The van der Waals surface area contributed by atoms with Gasteiger partial charge in [0.1, 0.15) is 0 Å². The van der Waals surface area contributed by atoms with E-state index < -0.39 is 9.75 Å². The summed E-state index contributed by atoms with van der Waals surface area (Å²) in [4.78, 5) is 0. The molecule has 0 fully saturated rings. The summed E-state index contributed by atoms with van der Waals surface area (Å²) in [6.07, 6.45) is 2.51. The average molecular weight is 283 g/mol. The van der Waals surface area contributed by atoms with Crippen molar-refractivity contribution in [1.82, 2.24) is 0 Å². The summed E-state index contributed by atoms with van der Waals surface area (Å²) in [7, 11) is 0. The molecule has 2 rings (SSSR count). The van der Waals surface area contributed by atoms with Crippen molar-refractivity contribution in [3.05, 3.63) is 35.9 Å². The van der Waals surface area contributed by atoms with Crippen molar-refractivity contribution in [2.75, 3.05) is 5.73 Å². The number of nitrogens with two attached hydrogens (primary N) is 1. The lowest BCUT2D eigenvalue weighted by Gasteiger charge is -2.42. The van der Waals surface area contributed by atoms with Gasteiger partial charge in [-0.3, -0.25) is 0 Å². The zero-order valence-electron chi connectivity index (χ0n) is 10.4. The third kappa shape index (κ3) is 1.94. The first-order chi connectivity index (χ1) is 8.26. The number of rotatable bonds is 1. The van der Waals surface area contributed by atoms with Gasteiger partial charge in [0.15, 0.2) is 4.33 Å². The molecule has 96 valence electrons. The first-order valence-corrected chi connectivity index (χ1v) is 6.54. The van der Waals surface area contributed by atoms with Gasteiger partial charge < -0.3 is 11.1 Å². The van der Waals surface area contributed by atoms with Crippen LogP contribution in [0.1, 0.15) is 25.8 Å². The number of allylic oxidation sites excluding steroid dienone is 2. The molecular formula is C14H16Cl2N2. The van der Waals surface area contributed by atoms with Crippen molar-refractivity contribution in [3.63, 3.8) is 0 Å². The van der Waals surface area contributed by atoms with Crippen LogP contribution in [-0.4, -0.2) is 10.0 Å². The Kier molecular flexibility index (Phi) is 3.20. The van der Waals surface area contributed by atoms with Crippen molar-refractivity contribution in [2.24, 2.45) is 5.41 Å². The van der Waals surface area contributed by atoms with Crippen LogP contribution in [0.4, 0.5) is 5.69 Å². The van der Waals surface area contributed by atoms with Gasteiger partial charge in [-0.2, -0.15) is 0 Å². The first kappa shape index (κ1) is 13.4. The molecule has 4 heteroatoms. The quantitative estimate of drug-likeness (QED) is 0.586. The Labute approximate surface area is 117 Å². The first-order valence-electron chi connectivity index (χ1n) is 5.79. The van der Waals surface area contributed by atoms with E-state index in [9.17, 15) is 0 Å². The maximum atomic E-state index is 8.00. The summed E-state index contributed by atoms with van der Waals surface area (Å²) in [5, 5.41) is 8.00. The Morgan fingerprint density at radius 2 is 1.72 bits per heavy atom. The van der Waals surface area contributed by atoms with E-state index >= 15 is 0 Å². The molecule has 0 bridgehead atoms. The Hall–Kier alpha value is -0.990. The summed E-state index contributed by atoms with van der Waals surface area (Å²) in [6, 6.07) is 7.47. The van der Waals surface area contributed by atoms with Gasteiger partial charge in [0.25, 0.3) is 0 Å². The van der Waals surface area contributed by atoms with Crippen LogP contribution in [0.5, 0.6) is 0 Å². The normalized spacial score (nSPS) is 21.6. The molecule has 0 unspecified atom stereocenters. The maximum Gasteiger partial charge on any atom is 0.153 e. The second-order valence-corrected chi connectivity index (χ2v) is 6.45. The third-order valence-corrected chi connectivity index (χ3v) is 4.96. The topological polar surface area (TPSA) is 49.9 Å². The van der Waals surface area contributed by atoms with Crippen LogP contribution in [0.25, 0.3) is 5.57 Å². The van der Waals surface area contributed by atoms with E-state index in [1.807, 2.05) is 44.2 Å². The molecule has 3 N–H and O–H groups in total. The fourth-order valence-electron chi connectivity index (χ4n) is 2.08. The molecule has 2 nitrogen and oxygen atoms in total. The second kappa shape index (κ2) is 4.29. The van der Waals surface area contributed by atoms with Crippen molar-refractivity contribution in [1.29, 1.82) is 5.41 Å². The van der Waals surface area contributed by atoms with Crippen LogP contribution in [0.2, 0.25) is 0 Å². The van der Waals surface area contributed by atoms with Gasteiger partial charge in [0, 0.05) is 23.2 Å². The molecule has 1 aromatic rings. The molecule has 0 saturated carbocycles. The molecule has 0 atom stereocenters. The SMILES string of the molecule is CC1(C)C(=N)CC=C(c2ccc(N)cc2)C1(Cl)Cl. The zero-order valence-corrected chi connectivity index (χ0v) is 11.9. The summed E-state index contributed by atoms with van der Waals surface area (Å²) in [5.74, 6) is 0. The number of halogens is 2. The van der Waals surface area contributed by atoms with Gasteiger partial charge in [0.05, 0.1) is 0 Å². The predicted octanol–water partition coefficient (Wildman–Crippen LogP) is 4.28. The van der Waals surface area contributed by atoms with Crippen molar-refractivity contribution in [3.8, 4) is 0 Å². The number of hydrogen-bond acceptors (Lipinski definition) is 2. The summed E-state index contributed by atoms with van der Waals surface area (Å²) in [5.41, 5.74) is 8.16. The van der Waals surface area contributed by atoms with E-state index in [0.29, 0.717) is 17.8 Å².